The first kappa shape index (κ1) is 13.9. The van der Waals surface area contributed by atoms with Crippen LogP contribution in [0.4, 0.5) is 22.0 Å². The number of carbonyl (C=O) groups excluding carboxylic acids is 1. The highest BCUT2D eigenvalue weighted by atomic mass is 19.4. The Bertz CT molecular complexity index is 281. The van der Waals surface area contributed by atoms with E-state index >= 15 is 0 Å². The van der Waals surface area contributed by atoms with Gasteiger partial charge in [0.1, 0.15) is 0 Å². The predicted octanol–water partition coefficient (Wildman–Crippen LogP) is 2.95. The number of halogens is 5. The molecule has 0 aliphatic heterocycles. The number of ketones is 1. The van der Waals surface area contributed by atoms with Crippen molar-refractivity contribution in [3.8, 4) is 11.8 Å². The van der Waals surface area contributed by atoms with Crippen molar-refractivity contribution in [2.45, 2.75) is 38.3 Å². The van der Waals surface area contributed by atoms with E-state index < -0.39 is 17.9 Å². The molecule has 0 spiro atoms. The SMILES string of the molecule is CCCCC#CC(=O)C(F)(F)C(F)(F)F. The highest BCUT2D eigenvalue weighted by Gasteiger charge is 2.62. The van der Waals surface area contributed by atoms with E-state index in [2.05, 4.69) is 0 Å². The van der Waals surface area contributed by atoms with Gasteiger partial charge in [-0.15, -0.1) is 0 Å². The van der Waals surface area contributed by atoms with Crippen LogP contribution in [0.15, 0.2) is 0 Å². The molecule has 0 heterocycles. The zero-order valence-electron chi connectivity index (χ0n) is 7.92. The number of Topliss-reactive ketones (excluding diaryl/α,β-unsaturated/α-hetero) is 1. The second-order valence-electron chi connectivity index (χ2n) is 2.81. The molecular weight excluding hydrogens is 219 g/mol. The molecule has 0 aliphatic carbocycles. The van der Waals surface area contributed by atoms with Gasteiger partial charge < -0.3 is 0 Å². The van der Waals surface area contributed by atoms with Crippen molar-refractivity contribution in [3.05, 3.63) is 0 Å². The number of alkyl halides is 5. The maximum Gasteiger partial charge on any atom is 0.462 e. The Morgan fingerprint density at radius 1 is 1.20 bits per heavy atom. The van der Waals surface area contributed by atoms with E-state index in [0.29, 0.717) is 6.42 Å². The van der Waals surface area contributed by atoms with Gasteiger partial charge in [-0.2, -0.15) is 22.0 Å². The molecule has 0 aromatic rings. The summed E-state index contributed by atoms with van der Waals surface area (Å²) in [6.07, 6.45) is -4.46. The number of rotatable bonds is 3. The lowest BCUT2D eigenvalue weighted by atomic mass is 10.2. The van der Waals surface area contributed by atoms with Crippen molar-refractivity contribution in [2.75, 3.05) is 0 Å². The molecule has 0 amide bonds. The van der Waals surface area contributed by atoms with Crippen molar-refractivity contribution in [3.63, 3.8) is 0 Å². The molecule has 0 saturated heterocycles. The molecule has 0 aromatic carbocycles. The number of hydrogen-bond acceptors (Lipinski definition) is 1. The molecule has 0 atom stereocenters. The van der Waals surface area contributed by atoms with Gasteiger partial charge >= 0.3 is 12.1 Å². The fourth-order valence-electron chi connectivity index (χ4n) is 0.615. The normalized spacial score (nSPS) is 11.9. The highest BCUT2D eigenvalue weighted by molar-refractivity contribution is 6.01. The topological polar surface area (TPSA) is 17.1 Å². The fraction of sp³-hybridized carbons (Fsp3) is 0.667. The van der Waals surface area contributed by atoms with Crippen LogP contribution in [-0.4, -0.2) is 17.9 Å². The summed E-state index contributed by atoms with van der Waals surface area (Å²) in [5.41, 5.74) is 0. The van der Waals surface area contributed by atoms with Crippen molar-refractivity contribution in [1.29, 1.82) is 0 Å². The minimum Gasteiger partial charge on any atom is -0.278 e. The molecule has 0 radical (unpaired) electrons. The third-order valence-electron chi connectivity index (χ3n) is 1.50. The molecule has 1 nitrogen and oxygen atoms in total. The predicted molar refractivity (Wildman–Crippen MR) is 43.3 cm³/mol. The molecule has 0 unspecified atom stereocenters. The van der Waals surface area contributed by atoms with Crippen LogP contribution in [0, 0.1) is 11.8 Å². The highest BCUT2D eigenvalue weighted by Crippen LogP contribution is 2.35. The number of carbonyl (C=O) groups is 1. The van der Waals surface area contributed by atoms with E-state index in [1.54, 1.807) is 6.92 Å². The largest absolute Gasteiger partial charge is 0.462 e. The Kier molecular flexibility index (Phi) is 4.72. The van der Waals surface area contributed by atoms with Crippen LogP contribution < -0.4 is 0 Å². The van der Waals surface area contributed by atoms with Crippen LogP contribution in [0.1, 0.15) is 26.2 Å². The van der Waals surface area contributed by atoms with Crippen molar-refractivity contribution >= 4 is 5.78 Å². The maximum atomic E-state index is 12.3. The average Bonchev–Trinajstić information content (AvgIpc) is 2.10. The van der Waals surface area contributed by atoms with Crippen molar-refractivity contribution < 1.29 is 26.7 Å². The molecule has 0 bridgehead atoms. The summed E-state index contributed by atoms with van der Waals surface area (Å²) in [6.45, 7) is 1.80. The van der Waals surface area contributed by atoms with Crippen molar-refractivity contribution in [1.82, 2.24) is 0 Å². The van der Waals surface area contributed by atoms with Gasteiger partial charge in [0.15, 0.2) is 0 Å². The summed E-state index contributed by atoms with van der Waals surface area (Å²) in [5, 5.41) is 0. The van der Waals surface area contributed by atoms with Crippen LogP contribution in [0.25, 0.3) is 0 Å². The van der Waals surface area contributed by atoms with E-state index in [-0.39, 0.29) is 6.42 Å². The van der Waals surface area contributed by atoms with E-state index in [4.69, 9.17) is 0 Å². The maximum absolute atomic E-state index is 12.3. The second kappa shape index (κ2) is 5.10. The zero-order valence-corrected chi connectivity index (χ0v) is 7.92. The Balaban J connectivity index is 4.49. The third-order valence-corrected chi connectivity index (χ3v) is 1.50. The molecule has 0 rings (SSSR count). The van der Waals surface area contributed by atoms with Crippen LogP contribution in [-0.2, 0) is 4.79 Å². The van der Waals surface area contributed by atoms with Crippen molar-refractivity contribution in [2.24, 2.45) is 0 Å². The van der Waals surface area contributed by atoms with Gasteiger partial charge in [0.05, 0.1) is 0 Å². The van der Waals surface area contributed by atoms with Gasteiger partial charge in [-0.05, 0) is 12.3 Å². The summed E-state index contributed by atoms with van der Waals surface area (Å²) in [5.74, 6) is -4.48. The lowest BCUT2D eigenvalue weighted by molar-refractivity contribution is -0.265. The standard InChI is InChI=1S/C9H9F5O/c1-2-3-4-5-6-7(15)8(10,11)9(12,13)14/h2-4H2,1H3. The summed E-state index contributed by atoms with van der Waals surface area (Å²) in [6, 6.07) is 0. The minimum atomic E-state index is -5.87. The van der Waals surface area contributed by atoms with Gasteiger partial charge in [0.2, 0.25) is 0 Å². The lowest BCUT2D eigenvalue weighted by Gasteiger charge is -2.14. The molecule has 0 aromatic heterocycles. The first-order valence-electron chi connectivity index (χ1n) is 4.21. The Hall–Kier alpha value is -1.12. The first-order chi connectivity index (χ1) is 6.73. The molecule has 0 fully saturated rings. The number of unbranched alkanes of at least 4 members (excludes halogenated alkanes) is 2. The van der Waals surface area contributed by atoms with E-state index in [1.807, 2.05) is 5.92 Å². The first-order valence-corrected chi connectivity index (χ1v) is 4.21. The number of hydrogen-bond donors (Lipinski definition) is 0. The van der Waals surface area contributed by atoms with Gasteiger partial charge in [-0.3, -0.25) is 4.79 Å². The summed E-state index contributed by atoms with van der Waals surface area (Å²) in [4.78, 5) is 10.4. The van der Waals surface area contributed by atoms with Gasteiger partial charge in [0, 0.05) is 6.42 Å². The molecule has 6 heteroatoms. The van der Waals surface area contributed by atoms with Crippen LogP contribution in [0.3, 0.4) is 0 Å². The monoisotopic (exact) mass is 228 g/mol. The van der Waals surface area contributed by atoms with Crippen LogP contribution in [0.2, 0.25) is 0 Å². The average molecular weight is 228 g/mol. The zero-order chi connectivity index (χ0) is 12.1. The Morgan fingerprint density at radius 2 is 1.73 bits per heavy atom. The summed E-state index contributed by atoms with van der Waals surface area (Å²) < 4.78 is 59.4. The minimum absolute atomic E-state index is 0.135. The van der Waals surface area contributed by atoms with E-state index in [1.165, 1.54) is 5.92 Å². The summed E-state index contributed by atoms with van der Waals surface area (Å²) in [7, 11) is 0. The molecule has 86 valence electrons. The molecule has 0 N–H and O–H groups in total. The smallest absolute Gasteiger partial charge is 0.278 e. The summed E-state index contributed by atoms with van der Waals surface area (Å²) >= 11 is 0. The van der Waals surface area contributed by atoms with E-state index in [9.17, 15) is 26.7 Å². The van der Waals surface area contributed by atoms with Gasteiger partial charge in [-0.1, -0.05) is 19.3 Å². The van der Waals surface area contributed by atoms with Gasteiger partial charge in [-0.25, -0.2) is 0 Å². The lowest BCUT2D eigenvalue weighted by Crippen LogP contribution is -2.43. The third kappa shape index (κ3) is 3.86. The quantitative estimate of drug-likeness (QED) is 0.314. The van der Waals surface area contributed by atoms with Gasteiger partial charge in [0.25, 0.3) is 5.78 Å². The fourth-order valence-corrected chi connectivity index (χ4v) is 0.615. The van der Waals surface area contributed by atoms with Crippen LogP contribution in [0.5, 0.6) is 0 Å². The van der Waals surface area contributed by atoms with E-state index in [0.717, 1.165) is 6.42 Å². The molecule has 0 aliphatic rings. The Labute approximate surface area is 83.6 Å². The van der Waals surface area contributed by atoms with Crippen LogP contribution >= 0.6 is 0 Å². The molecular formula is C9H9F5O. The molecule has 0 saturated carbocycles. The second-order valence-corrected chi connectivity index (χ2v) is 2.81. The molecule has 15 heavy (non-hydrogen) atoms. The Morgan fingerprint density at radius 3 is 2.13 bits per heavy atom.